The molecule has 2 amide bonds. The number of nitrogens with one attached hydrogen (secondary N) is 1. The monoisotopic (exact) mass is 346 g/mol. The van der Waals surface area contributed by atoms with Crippen LogP contribution in [0.15, 0.2) is 78.9 Å². The molecule has 0 unspecified atom stereocenters. The van der Waals surface area contributed by atoms with Crippen LogP contribution in [0.2, 0.25) is 0 Å². The summed E-state index contributed by atoms with van der Waals surface area (Å²) in [6.45, 7) is 0. The number of nitrogens with zero attached hydrogens (tertiary/aromatic N) is 1. The highest BCUT2D eigenvalue weighted by molar-refractivity contribution is 6.05. The fourth-order valence-electron chi connectivity index (χ4n) is 2.54. The molecule has 3 aromatic rings. The number of carbonyl (C=O) groups is 2. The van der Waals surface area contributed by atoms with Crippen molar-refractivity contribution in [2.45, 2.75) is 0 Å². The molecule has 26 heavy (non-hydrogen) atoms. The molecule has 0 bridgehead atoms. The quantitative estimate of drug-likeness (QED) is 0.679. The van der Waals surface area contributed by atoms with Crippen LogP contribution in [0.5, 0.6) is 5.75 Å². The summed E-state index contributed by atoms with van der Waals surface area (Å²) in [6, 6.07) is 23.2. The highest BCUT2D eigenvalue weighted by atomic mass is 16.5. The molecule has 0 heterocycles. The summed E-state index contributed by atoms with van der Waals surface area (Å²) >= 11 is 0. The summed E-state index contributed by atoms with van der Waals surface area (Å²) in [5, 5.41) is 2.83. The second-order valence-corrected chi connectivity index (χ2v) is 5.54. The molecule has 0 aliphatic carbocycles. The van der Waals surface area contributed by atoms with Crippen LogP contribution in [0.4, 0.5) is 17.1 Å². The number of amides is 2. The van der Waals surface area contributed by atoms with Gasteiger partial charge in [0.2, 0.25) is 6.41 Å². The average Bonchev–Trinajstić information content (AvgIpc) is 2.70. The normalized spacial score (nSPS) is 10.0. The number of hydrogen-bond acceptors (Lipinski definition) is 3. The van der Waals surface area contributed by atoms with Crippen LogP contribution in [0.3, 0.4) is 0 Å². The van der Waals surface area contributed by atoms with Crippen molar-refractivity contribution in [2.75, 3.05) is 17.3 Å². The summed E-state index contributed by atoms with van der Waals surface area (Å²) in [5.41, 5.74) is 2.46. The van der Waals surface area contributed by atoms with Crippen molar-refractivity contribution in [1.29, 1.82) is 0 Å². The van der Waals surface area contributed by atoms with Gasteiger partial charge in [-0.05, 0) is 54.6 Å². The SMILES string of the molecule is COc1ccc(N(C=O)c2cccc(C(=O)Nc3ccccc3)c2)cc1. The summed E-state index contributed by atoms with van der Waals surface area (Å²) < 4.78 is 5.14. The van der Waals surface area contributed by atoms with E-state index in [9.17, 15) is 9.59 Å². The smallest absolute Gasteiger partial charge is 0.255 e. The fraction of sp³-hybridized carbons (Fsp3) is 0.0476. The fourth-order valence-corrected chi connectivity index (χ4v) is 2.54. The highest BCUT2D eigenvalue weighted by Crippen LogP contribution is 2.26. The zero-order valence-corrected chi connectivity index (χ0v) is 14.3. The molecule has 0 aromatic heterocycles. The lowest BCUT2D eigenvalue weighted by molar-refractivity contribution is -0.106. The first-order chi connectivity index (χ1) is 12.7. The zero-order valence-electron chi connectivity index (χ0n) is 14.3. The Labute approximate surface area is 151 Å². The van der Waals surface area contributed by atoms with Gasteiger partial charge in [0, 0.05) is 22.6 Å². The minimum Gasteiger partial charge on any atom is -0.497 e. The third-order valence-electron chi connectivity index (χ3n) is 3.87. The van der Waals surface area contributed by atoms with Crippen molar-refractivity contribution in [3.8, 4) is 5.75 Å². The van der Waals surface area contributed by atoms with Gasteiger partial charge >= 0.3 is 0 Å². The molecule has 0 saturated carbocycles. The molecule has 5 heteroatoms. The van der Waals surface area contributed by atoms with E-state index in [1.807, 2.05) is 30.3 Å². The number of anilines is 3. The van der Waals surface area contributed by atoms with Crippen LogP contribution in [-0.2, 0) is 4.79 Å². The van der Waals surface area contributed by atoms with Crippen molar-refractivity contribution >= 4 is 29.4 Å². The van der Waals surface area contributed by atoms with Crippen LogP contribution in [0.25, 0.3) is 0 Å². The zero-order chi connectivity index (χ0) is 18.4. The summed E-state index contributed by atoms with van der Waals surface area (Å²) in [5.74, 6) is 0.467. The van der Waals surface area contributed by atoms with Gasteiger partial charge in [0.05, 0.1) is 7.11 Å². The lowest BCUT2D eigenvalue weighted by atomic mass is 10.1. The van der Waals surface area contributed by atoms with Gasteiger partial charge in [0.15, 0.2) is 0 Å². The number of carbonyl (C=O) groups excluding carboxylic acids is 2. The molecular weight excluding hydrogens is 328 g/mol. The average molecular weight is 346 g/mol. The summed E-state index contributed by atoms with van der Waals surface area (Å²) in [4.78, 5) is 25.6. The van der Waals surface area contributed by atoms with Crippen molar-refractivity contribution < 1.29 is 14.3 Å². The van der Waals surface area contributed by atoms with E-state index in [0.717, 1.165) is 6.41 Å². The molecule has 0 fully saturated rings. The summed E-state index contributed by atoms with van der Waals surface area (Å²) in [6.07, 6.45) is 0.718. The van der Waals surface area contributed by atoms with Crippen LogP contribution >= 0.6 is 0 Å². The Morgan fingerprint density at radius 1 is 0.923 bits per heavy atom. The Bertz CT molecular complexity index is 893. The molecule has 5 nitrogen and oxygen atoms in total. The van der Waals surface area contributed by atoms with Crippen molar-refractivity contribution in [3.05, 3.63) is 84.4 Å². The first-order valence-corrected chi connectivity index (χ1v) is 8.06. The molecule has 130 valence electrons. The summed E-state index contributed by atoms with van der Waals surface area (Å²) in [7, 11) is 1.58. The molecular formula is C21H18N2O3. The molecule has 0 aliphatic heterocycles. The van der Waals surface area contributed by atoms with Crippen LogP contribution < -0.4 is 15.0 Å². The van der Waals surface area contributed by atoms with Gasteiger partial charge in [0.25, 0.3) is 5.91 Å². The number of methoxy groups -OCH3 is 1. The number of benzene rings is 3. The van der Waals surface area contributed by atoms with Crippen LogP contribution in [-0.4, -0.2) is 19.4 Å². The van der Waals surface area contributed by atoms with E-state index in [1.165, 1.54) is 4.90 Å². The first-order valence-electron chi connectivity index (χ1n) is 8.06. The Morgan fingerprint density at radius 3 is 2.31 bits per heavy atom. The number of para-hydroxylation sites is 1. The molecule has 0 spiro atoms. The molecule has 0 saturated heterocycles. The maximum Gasteiger partial charge on any atom is 0.255 e. The minimum atomic E-state index is -0.237. The van der Waals surface area contributed by atoms with E-state index < -0.39 is 0 Å². The van der Waals surface area contributed by atoms with E-state index in [2.05, 4.69) is 5.32 Å². The second kappa shape index (κ2) is 7.98. The van der Waals surface area contributed by atoms with Gasteiger partial charge in [-0.1, -0.05) is 24.3 Å². The largest absolute Gasteiger partial charge is 0.497 e. The second-order valence-electron chi connectivity index (χ2n) is 5.54. The number of rotatable bonds is 6. The van der Waals surface area contributed by atoms with Crippen molar-refractivity contribution in [1.82, 2.24) is 0 Å². The number of ether oxygens (including phenoxy) is 1. The Balaban J connectivity index is 1.84. The molecule has 1 N–H and O–H groups in total. The minimum absolute atomic E-state index is 0.237. The Hall–Kier alpha value is -3.60. The van der Waals surface area contributed by atoms with Gasteiger partial charge < -0.3 is 10.1 Å². The molecule has 0 atom stereocenters. The maximum absolute atomic E-state index is 12.5. The molecule has 3 aromatic carbocycles. The van der Waals surface area contributed by atoms with Gasteiger partial charge in [-0.2, -0.15) is 0 Å². The van der Waals surface area contributed by atoms with E-state index in [0.29, 0.717) is 28.4 Å². The predicted molar refractivity (Wildman–Crippen MR) is 102 cm³/mol. The Morgan fingerprint density at radius 2 is 1.65 bits per heavy atom. The van der Waals surface area contributed by atoms with Gasteiger partial charge in [-0.15, -0.1) is 0 Å². The topological polar surface area (TPSA) is 58.6 Å². The van der Waals surface area contributed by atoms with E-state index in [-0.39, 0.29) is 5.91 Å². The first kappa shape index (κ1) is 17.2. The van der Waals surface area contributed by atoms with E-state index in [4.69, 9.17) is 4.74 Å². The Kier molecular flexibility index (Phi) is 5.29. The van der Waals surface area contributed by atoms with Gasteiger partial charge in [0.1, 0.15) is 5.75 Å². The highest BCUT2D eigenvalue weighted by Gasteiger charge is 2.12. The molecule has 0 aliphatic rings. The van der Waals surface area contributed by atoms with Crippen molar-refractivity contribution in [3.63, 3.8) is 0 Å². The van der Waals surface area contributed by atoms with Gasteiger partial charge in [-0.25, -0.2) is 0 Å². The lowest BCUT2D eigenvalue weighted by Crippen LogP contribution is -2.16. The van der Waals surface area contributed by atoms with Crippen molar-refractivity contribution in [2.24, 2.45) is 0 Å². The van der Waals surface area contributed by atoms with Gasteiger partial charge in [-0.3, -0.25) is 14.5 Å². The third-order valence-corrected chi connectivity index (χ3v) is 3.87. The van der Waals surface area contributed by atoms with E-state index >= 15 is 0 Å². The maximum atomic E-state index is 12.5. The van der Waals surface area contributed by atoms with E-state index in [1.54, 1.807) is 55.6 Å². The van der Waals surface area contributed by atoms with Crippen LogP contribution in [0, 0.1) is 0 Å². The molecule has 3 rings (SSSR count). The number of hydrogen-bond donors (Lipinski definition) is 1. The molecule has 0 radical (unpaired) electrons. The standard InChI is InChI=1S/C21H18N2O3/c1-26-20-12-10-18(11-13-20)23(15-24)19-9-5-6-16(14-19)21(25)22-17-7-3-2-4-8-17/h2-15H,1H3,(H,22,25). The van der Waals surface area contributed by atoms with Crippen LogP contribution in [0.1, 0.15) is 10.4 Å². The predicted octanol–water partition coefficient (Wildman–Crippen LogP) is 4.24. The lowest BCUT2D eigenvalue weighted by Gasteiger charge is -2.18. The third kappa shape index (κ3) is 3.89.